The van der Waals surface area contributed by atoms with Crippen molar-refractivity contribution in [2.45, 2.75) is 32.6 Å². The van der Waals surface area contributed by atoms with Gasteiger partial charge in [-0.15, -0.1) is 0 Å². The van der Waals surface area contributed by atoms with Crippen molar-refractivity contribution in [3.63, 3.8) is 0 Å². The summed E-state index contributed by atoms with van der Waals surface area (Å²) < 4.78 is 13.2. The summed E-state index contributed by atoms with van der Waals surface area (Å²) in [6.45, 7) is 2.10. The molecule has 0 atom stereocenters. The third-order valence-electron chi connectivity index (χ3n) is 4.10. The summed E-state index contributed by atoms with van der Waals surface area (Å²) in [7, 11) is 0. The highest BCUT2D eigenvalue weighted by atomic mass is 19.1. The van der Waals surface area contributed by atoms with Gasteiger partial charge in [0.15, 0.2) is 0 Å². The highest BCUT2D eigenvalue weighted by Gasteiger charge is 2.19. The van der Waals surface area contributed by atoms with Crippen molar-refractivity contribution in [2.24, 2.45) is 0 Å². The first-order chi connectivity index (χ1) is 10.1. The minimum absolute atomic E-state index is 0.154. The van der Waals surface area contributed by atoms with E-state index in [1.165, 1.54) is 29.7 Å². The van der Waals surface area contributed by atoms with E-state index in [1.54, 1.807) is 12.1 Å². The Morgan fingerprint density at radius 3 is 2.62 bits per heavy atom. The Kier molecular flexibility index (Phi) is 3.74. The smallest absolute Gasteiger partial charge is 0.255 e. The Morgan fingerprint density at radius 2 is 1.86 bits per heavy atom. The van der Waals surface area contributed by atoms with Crippen LogP contribution < -0.4 is 5.32 Å². The monoisotopic (exact) mass is 283 g/mol. The molecule has 1 aliphatic rings. The Bertz CT molecular complexity index is 694. The molecule has 2 aromatic carbocycles. The second-order valence-electron chi connectivity index (χ2n) is 5.56. The van der Waals surface area contributed by atoms with Crippen molar-refractivity contribution >= 4 is 11.6 Å². The lowest BCUT2D eigenvalue weighted by Gasteiger charge is -2.21. The molecule has 108 valence electrons. The number of aryl methyl sites for hydroxylation is 1. The third kappa shape index (κ3) is 2.82. The van der Waals surface area contributed by atoms with Crippen molar-refractivity contribution in [2.75, 3.05) is 5.32 Å². The largest absolute Gasteiger partial charge is 0.322 e. The van der Waals surface area contributed by atoms with Crippen molar-refractivity contribution in [3.8, 4) is 0 Å². The van der Waals surface area contributed by atoms with Gasteiger partial charge in [0.05, 0.1) is 0 Å². The Morgan fingerprint density at radius 1 is 1.10 bits per heavy atom. The fourth-order valence-corrected chi connectivity index (χ4v) is 3.02. The Labute approximate surface area is 124 Å². The standard InChI is InChI=1S/C18H18FNO/c1-12-9-10-17(16-8-3-2-7-15(12)16)18(21)20-14-6-4-5-13(19)11-14/h4-6,9-11H,2-3,7-8H2,1H3,(H,20,21). The fraction of sp³-hybridized carbons (Fsp3) is 0.278. The number of halogens is 1. The molecule has 0 saturated heterocycles. The molecule has 0 saturated carbocycles. The number of anilines is 1. The third-order valence-corrected chi connectivity index (χ3v) is 4.10. The van der Waals surface area contributed by atoms with E-state index < -0.39 is 0 Å². The zero-order valence-corrected chi connectivity index (χ0v) is 12.1. The number of carbonyl (C=O) groups excluding carboxylic acids is 1. The molecular formula is C18H18FNO. The summed E-state index contributed by atoms with van der Waals surface area (Å²) in [5.41, 5.74) is 4.94. The van der Waals surface area contributed by atoms with Crippen LogP contribution in [0.1, 0.15) is 39.9 Å². The molecule has 0 aromatic heterocycles. The van der Waals surface area contributed by atoms with Crippen LogP contribution in [0, 0.1) is 12.7 Å². The summed E-state index contributed by atoms with van der Waals surface area (Å²) in [6.07, 6.45) is 4.30. The number of nitrogens with one attached hydrogen (secondary N) is 1. The topological polar surface area (TPSA) is 29.1 Å². The van der Waals surface area contributed by atoms with Crippen LogP contribution >= 0.6 is 0 Å². The highest BCUT2D eigenvalue weighted by molar-refractivity contribution is 6.05. The first kappa shape index (κ1) is 13.8. The molecule has 0 heterocycles. The predicted octanol–water partition coefficient (Wildman–Crippen LogP) is 4.27. The van der Waals surface area contributed by atoms with Crippen LogP contribution in [0.15, 0.2) is 36.4 Å². The van der Waals surface area contributed by atoms with E-state index >= 15 is 0 Å². The van der Waals surface area contributed by atoms with E-state index in [9.17, 15) is 9.18 Å². The minimum Gasteiger partial charge on any atom is -0.322 e. The number of rotatable bonds is 2. The maximum absolute atomic E-state index is 13.2. The van der Waals surface area contributed by atoms with Gasteiger partial charge in [0, 0.05) is 11.3 Å². The summed E-state index contributed by atoms with van der Waals surface area (Å²) in [4.78, 5) is 12.5. The molecule has 2 nitrogen and oxygen atoms in total. The van der Waals surface area contributed by atoms with Gasteiger partial charge in [0.1, 0.15) is 5.82 Å². The first-order valence-electron chi connectivity index (χ1n) is 7.33. The van der Waals surface area contributed by atoms with Gasteiger partial charge in [-0.3, -0.25) is 4.79 Å². The van der Waals surface area contributed by atoms with Crippen LogP contribution in [0.3, 0.4) is 0 Å². The highest BCUT2D eigenvalue weighted by Crippen LogP contribution is 2.28. The SMILES string of the molecule is Cc1ccc(C(=O)Nc2cccc(F)c2)c2c1CCCC2. The fourth-order valence-electron chi connectivity index (χ4n) is 3.02. The van der Waals surface area contributed by atoms with Crippen LogP contribution in [0.5, 0.6) is 0 Å². The number of carbonyl (C=O) groups is 1. The van der Waals surface area contributed by atoms with E-state index in [-0.39, 0.29) is 11.7 Å². The molecule has 21 heavy (non-hydrogen) atoms. The van der Waals surface area contributed by atoms with E-state index in [0.29, 0.717) is 5.69 Å². The van der Waals surface area contributed by atoms with Gasteiger partial charge in [0.25, 0.3) is 5.91 Å². The van der Waals surface area contributed by atoms with E-state index in [4.69, 9.17) is 0 Å². The number of fused-ring (bicyclic) bond motifs is 1. The second kappa shape index (κ2) is 5.68. The summed E-state index contributed by atoms with van der Waals surface area (Å²) in [6, 6.07) is 9.87. The van der Waals surface area contributed by atoms with E-state index in [2.05, 4.69) is 12.2 Å². The molecule has 0 unspecified atom stereocenters. The zero-order chi connectivity index (χ0) is 14.8. The molecule has 0 radical (unpaired) electrons. The lowest BCUT2D eigenvalue weighted by atomic mass is 9.85. The van der Waals surface area contributed by atoms with Gasteiger partial charge < -0.3 is 5.32 Å². The zero-order valence-electron chi connectivity index (χ0n) is 12.1. The van der Waals surface area contributed by atoms with Crippen LogP contribution in [0.4, 0.5) is 10.1 Å². The maximum Gasteiger partial charge on any atom is 0.255 e. The lowest BCUT2D eigenvalue weighted by molar-refractivity contribution is 0.102. The van der Waals surface area contributed by atoms with E-state index in [0.717, 1.165) is 30.4 Å². The average molecular weight is 283 g/mol. The maximum atomic E-state index is 13.2. The summed E-state index contributed by atoms with van der Waals surface area (Å²) in [5, 5.41) is 2.79. The normalized spacial score (nSPS) is 13.6. The second-order valence-corrected chi connectivity index (χ2v) is 5.56. The molecule has 1 N–H and O–H groups in total. The number of amides is 1. The van der Waals surface area contributed by atoms with Crippen LogP contribution in [-0.4, -0.2) is 5.91 Å². The molecule has 2 aromatic rings. The summed E-state index contributed by atoms with van der Waals surface area (Å²) >= 11 is 0. The molecule has 1 amide bonds. The van der Waals surface area contributed by atoms with Gasteiger partial charge in [0.2, 0.25) is 0 Å². The molecule has 0 spiro atoms. The van der Waals surface area contributed by atoms with Gasteiger partial charge in [-0.25, -0.2) is 4.39 Å². The van der Waals surface area contributed by atoms with Gasteiger partial charge in [-0.1, -0.05) is 12.1 Å². The van der Waals surface area contributed by atoms with E-state index in [1.807, 2.05) is 12.1 Å². The van der Waals surface area contributed by atoms with Crippen molar-refractivity contribution in [3.05, 3.63) is 64.5 Å². The first-order valence-corrected chi connectivity index (χ1v) is 7.33. The Hall–Kier alpha value is -2.16. The molecule has 3 heteroatoms. The molecule has 1 aliphatic carbocycles. The van der Waals surface area contributed by atoms with Gasteiger partial charge in [-0.05, 0) is 73.6 Å². The molecule has 0 fully saturated rings. The minimum atomic E-state index is -0.348. The van der Waals surface area contributed by atoms with Crippen LogP contribution in [0.2, 0.25) is 0 Å². The van der Waals surface area contributed by atoms with Gasteiger partial charge in [-0.2, -0.15) is 0 Å². The number of benzene rings is 2. The number of hydrogen-bond donors (Lipinski definition) is 1. The van der Waals surface area contributed by atoms with Crippen molar-refractivity contribution in [1.29, 1.82) is 0 Å². The van der Waals surface area contributed by atoms with Crippen molar-refractivity contribution < 1.29 is 9.18 Å². The van der Waals surface area contributed by atoms with Crippen LogP contribution in [0.25, 0.3) is 0 Å². The molecule has 0 bridgehead atoms. The van der Waals surface area contributed by atoms with Crippen molar-refractivity contribution in [1.82, 2.24) is 0 Å². The van der Waals surface area contributed by atoms with Gasteiger partial charge >= 0.3 is 0 Å². The predicted molar refractivity (Wildman–Crippen MR) is 82.2 cm³/mol. The lowest BCUT2D eigenvalue weighted by Crippen LogP contribution is -2.18. The Balaban J connectivity index is 1.91. The average Bonchev–Trinajstić information content (AvgIpc) is 2.48. The quantitative estimate of drug-likeness (QED) is 0.876. The van der Waals surface area contributed by atoms with Crippen LogP contribution in [-0.2, 0) is 12.8 Å². The number of hydrogen-bond acceptors (Lipinski definition) is 1. The molecule has 0 aliphatic heterocycles. The molecular weight excluding hydrogens is 265 g/mol. The molecule has 3 rings (SSSR count). The summed E-state index contributed by atoms with van der Waals surface area (Å²) in [5.74, 6) is -0.502.